The maximum absolute atomic E-state index is 14.0. The van der Waals surface area contributed by atoms with E-state index in [4.69, 9.17) is 0 Å². The zero-order valence-corrected chi connectivity index (χ0v) is 23.9. The highest BCUT2D eigenvalue weighted by molar-refractivity contribution is 6.18. The van der Waals surface area contributed by atoms with Gasteiger partial charge in [0.25, 0.3) is 11.8 Å². The van der Waals surface area contributed by atoms with Crippen LogP contribution in [0.5, 0.6) is 0 Å². The van der Waals surface area contributed by atoms with E-state index in [1.807, 2.05) is 67.3 Å². The molecule has 3 unspecified atom stereocenters. The van der Waals surface area contributed by atoms with Crippen LogP contribution in [0.1, 0.15) is 43.5 Å². The van der Waals surface area contributed by atoms with Crippen molar-refractivity contribution in [3.05, 3.63) is 60.2 Å². The number of quaternary nitrogens is 1. The molecule has 3 heterocycles. The molecular weight excluding hydrogens is 545 g/mol. The Balaban J connectivity index is 1.22. The molecule has 3 aromatic carbocycles. The van der Waals surface area contributed by atoms with Crippen molar-refractivity contribution in [3.8, 4) is 0 Å². The summed E-state index contributed by atoms with van der Waals surface area (Å²) in [6, 6.07) is 17.7. The predicted molar refractivity (Wildman–Crippen MR) is 153 cm³/mol. The Kier molecular flexibility index (Phi) is 7.15. The first-order chi connectivity index (χ1) is 20.0. The Morgan fingerprint density at radius 1 is 0.976 bits per heavy atom. The summed E-state index contributed by atoms with van der Waals surface area (Å²) in [5.41, 5.74) is -0.803. The van der Waals surface area contributed by atoms with Gasteiger partial charge < -0.3 is 19.6 Å². The molecule has 42 heavy (non-hydrogen) atoms. The van der Waals surface area contributed by atoms with Crippen LogP contribution in [0.25, 0.3) is 21.5 Å². The Hall–Kier alpha value is -3.66. The summed E-state index contributed by atoms with van der Waals surface area (Å²) < 4.78 is 40.9. The van der Waals surface area contributed by atoms with Gasteiger partial charge in [0.15, 0.2) is 5.54 Å². The molecule has 0 saturated carbocycles. The van der Waals surface area contributed by atoms with Gasteiger partial charge in [0.2, 0.25) is 0 Å². The Bertz CT molecular complexity index is 1500. The number of halogens is 3. The molecule has 3 amide bonds. The number of likely N-dealkylation sites (N-methyl/N-ethyl adjacent to an activating group) is 1. The van der Waals surface area contributed by atoms with E-state index in [0.717, 1.165) is 31.3 Å². The first-order valence-electron chi connectivity index (χ1n) is 14.8. The number of benzene rings is 3. The summed E-state index contributed by atoms with van der Waals surface area (Å²) in [4.78, 5) is 45.5. The molecule has 1 spiro atoms. The number of rotatable bonds is 3. The van der Waals surface area contributed by atoms with Crippen LogP contribution >= 0.6 is 0 Å². The van der Waals surface area contributed by atoms with Crippen LogP contribution in [-0.2, 0) is 9.59 Å². The van der Waals surface area contributed by atoms with Crippen molar-refractivity contribution >= 4 is 39.3 Å². The average molecular weight is 582 g/mol. The fourth-order valence-corrected chi connectivity index (χ4v) is 7.70. The third kappa shape index (κ3) is 4.60. The molecule has 3 fully saturated rings. The number of carbonyl (C=O) groups is 3. The van der Waals surface area contributed by atoms with Crippen molar-refractivity contribution in [3.63, 3.8) is 0 Å². The molecule has 0 aromatic heterocycles. The van der Waals surface area contributed by atoms with Crippen molar-refractivity contribution in [2.75, 3.05) is 39.3 Å². The number of nitrogens with zero attached hydrogens (tertiary/aromatic N) is 3. The predicted octanol–water partition coefficient (Wildman–Crippen LogP) is 3.27. The number of likely N-dealkylation sites (tertiary alicyclic amines) is 2. The highest BCUT2D eigenvalue weighted by Crippen LogP contribution is 2.37. The molecule has 3 saturated heterocycles. The molecule has 3 aliphatic rings. The number of carbonyl (C=O) groups excluding carboxylic acids is 3. The van der Waals surface area contributed by atoms with E-state index in [2.05, 4.69) is 6.07 Å². The summed E-state index contributed by atoms with van der Waals surface area (Å²) in [6.07, 6.45) is -3.50. The molecule has 0 radical (unpaired) electrons. The second kappa shape index (κ2) is 10.6. The Morgan fingerprint density at radius 3 is 2.12 bits per heavy atom. The van der Waals surface area contributed by atoms with Gasteiger partial charge in [0.1, 0.15) is 6.54 Å². The van der Waals surface area contributed by atoms with Gasteiger partial charge in [-0.05, 0) is 41.5 Å². The minimum Gasteiger partial charge on any atom is -0.338 e. The fourth-order valence-electron chi connectivity index (χ4n) is 7.70. The first kappa shape index (κ1) is 28.5. The van der Waals surface area contributed by atoms with E-state index < -0.39 is 17.6 Å². The number of fused-ring (bicyclic) bond motifs is 2. The number of hydrogen-bond acceptors (Lipinski definition) is 3. The highest BCUT2D eigenvalue weighted by Gasteiger charge is 2.63. The van der Waals surface area contributed by atoms with E-state index in [1.54, 1.807) is 4.90 Å². The topological polar surface area (TPSA) is 65.4 Å². The van der Waals surface area contributed by atoms with Crippen molar-refractivity contribution in [2.45, 2.75) is 56.9 Å². The van der Waals surface area contributed by atoms with Gasteiger partial charge in [-0.1, -0.05) is 48.5 Å². The molecular formula is C32H36F3N4O3+. The molecule has 1 N–H and O–H groups in total. The van der Waals surface area contributed by atoms with Gasteiger partial charge in [-0.3, -0.25) is 14.4 Å². The molecule has 3 atom stereocenters. The van der Waals surface area contributed by atoms with Crippen LogP contribution in [0.15, 0.2) is 54.6 Å². The maximum atomic E-state index is 14.0. The van der Waals surface area contributed by atoms with E-state index in [1.165, 1.54) is 0 Å². The van der Waals surface area contributed by atoms with E-state index >= 15 is 0 Å². The van der Waals surface area contributed by atoms with Crippen molar-refractivity contribution < 1.29 is 32.5 Å². The minimum absolute atomic E-state index is 0.0214. The van der Waals surface area contributed by atoms with Crippen molar-refractivity contribution in [2.24, 2.45) is 0 Å². The summed E-state index contributed by atoms with van der Waals surface area (Å²) in [5, 5.41) is 3.84. The van der Waals surface area contributed by atoms with Crippen LogP contribution in [0, 0.1) is 0 Å². The molecule has 3 aliphatic heterocycles. The van der Waals surface area contributed by atoms with Gasteiger partial charge in [-0.25, -0.2) is 0 Å². The highest BCUT2D eigenvalue weighted by atomic mass is 19.4. The van der Waals surface area contributed by atoms with Crippen LogP contribution in [0.4, 0.5) is 13.2 Å². The zero-order valence-electron chi connectivity index (χ0n) is 23.9. The van der Waals surface area contributed by atoms with Gasteiger partial charge in [-0.15, -0.1) is 0 Å². The number of alkyl halides is 3. The zero-order chi connectivity index (χ0) is 29.8. The number of piperazine rings is 1. The van der Waals surface area contributed by atoms with Gasteiger partial charge in [-0.2, -0.15) is 13.2 Å². The summed E-state index contributed by atoms with van der Waals surface area (Å²) in [7, 11) is 0. The molecule has 6 rings (SSSR count). The molecule has 10 heteroatoms. The standard InChI is InChI=1S/C32H35F3N4O3/c1-3-38-21(2)19-31(29(38)41)20-37(16-17-39(31)30(42)32(33,34)35)24-12-14-36(15-13-24)28(40)27-25-10-6-4-8-22(25)18-23-9-5-7-11-26(23)27/h4-11,18,21,24H,3,12-17,19-20H2,1-2H3/p+1. The summed E-state index contributed by atoms with van der Waals surface area (Å²) in [6.45, 7) is 5.44. The number of amides is 3. The van der Waals surface area contributed by atoms with Crippen LogP contribution < -0.4 is 4.90 Å². The largest absolute Gasteiger partial charge is 0.471 e. The SMILES string of the molecule is CCN1C(=O)C2(CC1C)C[NH+](C1CCN(C(=O)c3c4ccccc4cc4ccccc34)CC1)CCN2C(=O)C(F)(F)F. The number of piperidine rings is 1. The molecule has 222 valence electrons. The smallest absolute Gasteiger partial charge is 0.338 e. The lowest BCUT2D eigenvalue weighted by atomic mass is 9.87. The second-order valence-corrected chi connectivity index (χ2v) is 12.0. The van der Waals surface area contributed by atoms with E-state index in [-0.39, 0.29) is 43.4 Å². The van der Waals surface area contributed by atoms with Gasteiger partial charge in [0.05, 0.1) is 24.7 Å². The average Bonchev–Trinajstić information content (AvgIpc) is 3.22. The lowest BCUT2D eigenvalue weighted by molar-refractivity contribution is -0.935. The lowest BCUT2D eigenvalue weighted by Gasteiger charge is -2.48. The molecule has 7 nitrogen and oxygen atoms in total. The fraction of sp³-hybridized carbons (Fsp3) is 0.469. The van der Waals surface area contributed by atoms with E-state index in [9.17, 15) is 27.6 Å². The van der Waals surface area contributed by atoms with Crippen molar-refractivity contribution in [1.82, 2.24) is 14.7 Å². The van der Waals surface area contributed by atoms with E-state index in [0.29, 0.717) is 44.6 Å². The Labute approximate surface area is 242 Å². The quantitative estimate of drug-likeness (QED) is 0.483. The third-order valence-corrected chi connectivity index (χ3v) is 9.69. The Morgan fingerprint density at radius 2 is 1.57 bits per heavy atom. The molecule has 0 aliphatic carbocycles. The number of nitrogens with one attached hydrogen (secondary N) is 1. The normalized spacial score (nSPS) is 25.6. The summed E-state index contributed by atoms with van der Waals surface area (Å²) in [5.74, 6) is -2.34. The lowest BCUT2D eigenvalue weighted by Crippen LogP contribution is -3.20. The van der Waals surface area contributed by atoms with Crippen LogP contribution in [-0.4, -0.2) is 95.5 Å². The monoisotopic (exact) mass is 581 g/mol. The molecule has 0 bridgehead atoms. The minimum atomic E-state index is -5.04. The first-order valence-corrected chi connectivity index (χ1v) is 14.8. The number of hydrogen-bond donors (Lipinski definition) is 1. The van der Waals surface area contributed by atoms with Crippen molar-refractivity contribution in [1.29, 1.82) is 0 Å². The van der Waals surface area contributed by atoms with Gasteiger partial charge >= 0.3 is 12.1 Å². The van der Waals surface area contributed by atoms with Crippen LogP contribution in [0.3, 0.4) is 0 Å². The van der Waals surface area contributed by atoms with Gasteiger partial charge in [0, 0.05) is 44.9 Å². The van der Waals surface area contributed by atoms with Crippen LogP contribution in [0.2, 0.25) is 0 Å². The second-order valence-electron chi connectivity index (χ2n) is 12.0. The summed E-state index contributed by atoms with van der Waals surface area (Å²) >= 11 is 0. The third-order valence-electron chi connectivity index (χ3n) is 9.69. The molecule has 3 aromatic rings. The maximum Gasteiger partial charge on any atom is 0.471 e.